The molecule has 4 aromatic rings. The number of carbonyl (C=O) groups excluding carboxylic acids is 1. The number of likely N-dealkylation sites (tertiary alicyclic amines) is 1. The van der Waals surface area contributed by atoms with Crippen molar-refractivity contribution in [2.24, 2.45) is 5.92 Å². The Morgan fingerprint density at radius 2 is 1.80 bits per heavy atom. The number of halogens is 3. The average molecular weight is 564 g/mol. The van der Waals surface area contributed by atoms with Gasteiger partial charge in [-0.2, -0.15) is 23.5 Å². The van der Waals surface area contributed by atoms with E-state index in [2.05, 4.69) is 21.4 Å². The highest BCUT2D eigenvalue weighted by molar-refractivity contribution is 5.83. The van der Waals surface area contributed by atoms with E-state index in [-0.39, 0.29) is 23.0 Å². The van der Waals surface area contributed by atoms with E-state index in [1.54, 1.807) is 37.3 Å². The molecule has 0 atom stereocenters. The minimum Gasteiger partial charge on any atom is -0.337 e. The molecule has 1 fully saturated rings. The van der Waals surface area contributed by atoms with Crippen LogP contribution in [0.25, 0.3) is 22.8 Å². The first-order valence-electron chi connectivity index (χ1n) is 13.1. The fraction of sp³-hybridized carbons (Fsp3) is 0.310. The number of piperidine rings is 1. The molecule has 0 aliphatic carbocycles. The molecular weight excluding hydrogens is 535 g/mol. The number of aromatic nitrogens is 4. The number of alkyl halides is 3. The predicted molar refractivity (Wildman–Crippen MR) is 146 cm³/mol. The summed E-state index contributed by atoms with van der Waals surface area (Å²) < 4.78 is 44.2. The van der Waals surface area contributed by atoms with Gasteiger partial charge in [0.2, 0.25) is 0 Å². The normalized spacial score (nSPS) is 14.6. The molecule has 3 heterocycles. The number of carbonyl (C=O) groups is 1. The Balaban J connectivity index is 1.62. The van der Waals surface area contributed by atoms with Crippen molar-refractivity contribution >= 4 is 6.03 Å². The standard InChI is InChI=1S/C29H28F3N7O2/c1-19-26(25-10-13-35-39(25)23-8-6-20(17-33)7-9-23)38(27(40)34-18-21-11-14-36(2)15-12-21)28(41)37(19)24-5-3-4-22(16-24)29(30,31)32/h3-10,13,16,21H,11-12,14-15,18H2,1-2H3,(H,34,40). The predicted octanol–water partition coefficient (Wildman–Crippen LogP) is 4.59. The van der Waals surface area contributed by atoms with Crippen molar-refractivity contribution in [3.05, 3.63) is 88.1 Å². The third-order valence-corrected chi connectivity index (χ3v) is 7.43. The lowest BCUT2D eigenvalue weighted by atomic mass is 9.97. The monoisotopic (exact) mass is 563 g/mol. The van der Waals surface area contributed by atoms with Crippen molar-refractivity contribution in [2.75, 3.05) is 26.7 Å². The molecule has 0 spiro atoms. The lowest BCUT2D eigenvalue weighted by Gasteiger charge is -2.28. The zero-order chi connectivity index (χ0) is 29.3. The molecule has 1 N–H and O–H groups in total. The van der Waals surface area contributed by atoms with Gasteiger partial charge in [-0.25, -0.2) is 18.8 Å². The number of hydrogen-bond donors (Lipinski definition) is 1. The molecule has 212 valence electrons. The highest BCUT2D eigenvalue weighted by Gasteiger charge is 2.32. The van der Waals surface area contributed by atoms with Crippen LogP contribution in [0.2, 0.25) is 0 Å². The first-order valence-corrected chi connectivity index (χ1v) is 13.1. The van der Waals surface area contributed by atoms with Crippen LogP contribution in [0.15, 0.2) is 65.6 Å². The largest absolute Gasteiger partial charge is 0.416 e. The quantitative estimate of drug-likeness (QED) is 0.383. The second-order valence-corrected chi connectivity index (χ2v) is 10.2. The van der Waals surface area contributed by atoms with E-state index in [0.717, 1.165) is 47.2 Å². The van der Waals surface area contributed by atoms with E-state index in [1.165, 1.54) is 23.0 Å². The van der Waals surface area contributed by atoms with Gasteiger partial charge in [-0.05, 0) is 94.4 Å². The maximum atomic E-state index is 13.8. The molecular formula is C29H28F3N7O2. The van der Waals surface area contributed by atoms with Gasteiger partial charge in [0.1, 0.15) is 5.69 Å². The van der Waals surface area contributed by atoms with E-state index in [0.29, 0.717) is 23.5 Å². The molecule has 0 radical (unpaired) electrons. The van der Waals surface area contributed by atoms with Crippen LogP contribution in [0.3, 0.4) is 0 Å². The summed E-state index contributed by atoms with van der Waals surface area (Å²) in [5.74, 6) is 0.241. The van der Waals surface area contributed by atoms with Crippen LogP contribution in [-0.4, -0.2) is 56.5 Å². The van der Waals surface area contributed by atoms with Crippen LogP contribution < -0.4 is 11.0 Å². The zero-order valence-corrected chi connectivity index (χ0v) is 22.5. The summed E-state index contributed by atoms with van der Waals surface area (Å²) in [7, 11) is 2.04. The third-order valence-electron chi connectivity index (χ3n) is 7.43. The van der Waals surface area contributed by atoms with Gasteiger partial charge in [-0.1, -0.05) is 6.07 Å². The molecule has 1 aliphatic rings. The average Bonchev–Trinajstić information content (AvgIpc) is 3.54. The van der Waals surface area contributed by atoms with Crippen molar-refractivity contribution in [3.63, 3.8) is 0 Å². The molecule has 5 rings (SSSR count). The Morgan fingerprint density at radius 3 is 2.46 bits per heavy atom. The Labute approximate surface area is 234 Å². The molecule has 41 heavy (non-hydrogen) atoms. The van der Waals surface area contributed by atoms with Crippen LogP contribution in [0.5, 0.6) is 0 Å². The molecule has 1 aliphatic heterocycles. The Hall–Kier alpha value is -4.63. The van der Waals surface area contributed by atoms with E-state index >= 15 is 0 Å². The van der Waals surface area contributed by atoms with Crippen molar-refractivity contribution in [1.82, 2.24) is 29.1 Å². The second kappa shape index (κ2) is 11.1. The Morgan fingerprint density at radius 1 is 1.10 bits per heavy atom. The molecule has 12 heteroatoms. The van der Waals surface area contributed by atoms with Gasteiger partial charge in [0.15, 0.2) is 0 Å². The van der Waals surface area contributed by atoms with Crippen molar-refractivity contribution in [2.45, 2.75) is 25.9 Å². The fourth-order valence-electron chi connectivity index (χ4n) is 5.16. The number of amides is 1. The summed E-state index contributed by atoms with van der Waals surface area (Å²) in [6.45, 7) is 3.75. The minimum atomic E-state index is -4.61. The van der Waals surface area contributed by atoms with Gasteiger partial charge in [0.25, 0.3) is 0 Å². The summed E-state index contributed by atoms with van der Waals surface area (Å²) in [6, 6.07) is 14.0. The maximum Gasteiger partial charge on any atom is 0.416 e. The molecule has 9 nitrogen and oxygen atoms in total. The Kier molecular flexibility index (Phi) is 7.55. The molecule has 0 saturated carbocycles. The van der Waals surface area contributed by atoms with Crippen LogP contribution in [-0.2, 0) is 6.18 Å². The highest BCUT2D eigenvalue weighted by Crippen LogP contribution is 2.32. The second-order valence-electron chi connectivity index (χ2n) is 10.2. The molecule has 0 unspecified atom stereocenters. The number of rotatable bonds is 5. The van der Waals surface area contributed by atoms with Gasteiger partial charge in [0.05, 0.1) is 46.2 Å². The summed E-state index contributed by atoms with van der Waals surface area (Å²) >= 11 is 0. The Bertz CT molecular complexity index is 1670. The smallest absolute Gasteiger partial charge is 0.337 e. The number of nitrogens with zero attached hydrogens (tertiary/aromatic N) is 6. The van der Waals surface area contributed by atoms with Gasteiger partial charge in [-0.15, -0.1) is 0 Å². The summed E-state index contributed by atoms with van der Waals surface area (Å²) in [6.07, 6.45) is -1.32. The van der Waals surface area contributed by atoms with E-state index in [1.807, 2.05) is 7.05 Å². The van der Waals surface area contributed by atoms with Crippen LogP contribution >= 0.6 is 0 Å². The van der Waals surface area contributed by atoms with E-state index in [9.17, 15) is 22.8 Å². The topological polar surface area (TPSA) is 101 Å². The maximum absolute atomic E-state index is 13.8. The first-order chi connectivity index (χ1) is 19.6. The zero-order valence-electron chi connectivity index (χ0n) is 22.5. The molecule has 2 aromatic carbocycles. The van der Waals surface area contributed by atoms with E-state index < -0.39 is 23.5 Å². The molecule has 1 saturated heterocycles. The third kappa shape index (κ3) is 5.53. The lowest BCUT2D eigenvalue weighted by molar-refractivity contribution is -0.137. The van der Waals surface area contributed by atoms with Crippen molar-refractivity contribution in [1.29, 1.82) is 5.26 Å². The number of imidazole rings is 1. The number of nitriles is 1. The molecule has 0 bridgehead atoms. The van der Waals surface area contributed by atoms with Gasteiger partial charge in [0, 0.05) is 6.54 Å². The van der Waals surface area contributed by atoms with Crippen LogP contribution in [0.1, 0.15) is 29.7 Å². The fourth-order valence-corrected chi connectivity index (χ4v) is 5.16. The van der Waals surface area contributed by atoms with Crippen molar-refractivity contribution < 1.29 is 18.0 Å². The SMILES string of the molecule is Cc1c(-c2ccnn2-c2ccc(C#N)cc2)n(C(=O)NCC2CCN(C)CC2)c(=O)n1-c1cccc(C(F)(F)F)c1. The highest BCUT2D eigenvalue weighted by atomic mass is 19.4. The van der Waals surface area contributed by atoms with Gasteiger partial charge in [-0.3, -0.25) is 4.57 Å². The van der Waals surface area contributed by atoms with Crippen molar-refractivity contribution in [3.8, 4) is 28.8 Å². The number of hydrogen-bond acceptors (Lipinski definition) is 5. The first kappa shape index (κ1) is 27.9. The lowest BCUT2D eigenvalue weighted by Crippen LogP contribution is -2.41. The summed E-state index contributed by atoms with van der Waals surface area (Å²) in [5.41, 5.74) is 0.115. The van der Waals surface area contributed by atoms with Gasteiger partial charge < -0.3 is 10.2 Å². The molecule has 2 aromatic heterocycles. The van der Waals surface area contributed by atoms with Gasteiger partial charge >= 0.3 is 17.9 Å². The number of nitrogens with one attached hydrogen (secondary N) is 1. The number of benzene rings is 2. The summed E-state index contributed by atoms with van der Waals surface area (Å²) in [4.78, 5) is 29.7. The molecule has 1 amide bonds. The van der Waals surface area contributed by atoms with Crippen LogP contribution in [0.4, 0.5) is 18.0 Å². The minimum absolute atomic E-state index is 0.0186. The van der Waals surface area contributed by atoms with Crippen LogP contribution in [0, 0.1) is 24.2 Å². The van der Waals surface area contributed by atoms with E-state index in [4.69, 9.17) is 5.26 Å². The summed E-state index contributed by atoms with van der Waals surface area (Å²) in [5, 5.41) is 16.4.